The first-order valence-electron chi connectivity index (χ1n) is 20.9. The summed E-state index contributed by atoms with van der Waals surface area (Å²) in [4.78, 5) is 57.7. The number of piperidine rings is 1. The van der Waals surface area contributed by atoms with Crippen LogP contribution in [0.25, 0.3) is 0 Å². The molecule has 1 amide bonds. The van der Waals surface area contributed by atoms with Crippen LogP contribution in [0, 0.1) is 29.6 Å². The van der Waals surface area contributed by atoms with Crippen molar-refractivity contribution in [3.05, 3.63) is 23.3 Å². The number of rotatable bonds is 6. The largest absolute Gasteiger partial charge is 0.456 e. The molecule has 2 bridgehead atoms. The molecule has 4 rings (SSSR count). The van der Waals surface area contributed by atoms with Crippen molar-refractivity contribution in [3.63, 3.8) is 0 Å². The normalized spacial score (nSPS) is 42.4. The maximum atomic E-state index is 14.3. The molecule has 4 aliphatic rings. The van der Waals surface area contributed by atoms with E-state index in [4.69, 9.17) is 23.7 Å². The fraction of sp³-hybridized carbons (Fsp3) is 0.814. The highest BCUT2D eigenvalue weighted by Crippen LogP contribution is 2.39. The number of hydrogen-bond acceptors (Lipinski definition) is 13. The third kappa shape index (κ3) is 11.0. The van der Waals surface area contributed by atoms with Gasteiger partial charge in [0, 0.05) is 52.0 Å². The highest BCUT2D eigenvalue weighted by molar-refractivity contribution is 6.39. The van der Waals surface area contributed by atoms with E-state index in [1.807, 2.05) is 32.9 Å². The number of aliphatic hydroxyl groups excluding tert-OH is 3. The van der Waals surface area contributed by atoms with E-state index in [2.05, 4.69) is 0 Å². The fourth-order valence-electron chi connectivity index (χ4n) is 9.45. The number of Topliss-reactive ketones (excluding diaryl/α,β-unsaturated/α-hetero) is 2. The Labute approximate surface area is 338 Å². The molecule has 324 valence electrons. The number of ketones is 2. The summed E-state index contributed by atoms with van der Waals surface area (Å²) >= 11 is 0. The average molecular weight is 808 g/mol. The van der Waals surface area contributed by atoms with Gasteiger partial charge in [0.2, 0.25) is 5.79 Å². The number of hydrogen-bond donors (Lipinski definition) is 4. The number of nitrogens with zero attached hydrogens (tertiary/aromatic N) is 1. The summed E-state index contributed by atoms with van der Waals surface area (Å²) in [5, 5.41) is 44.7. The molecular weight excluding hydrogens is 738 g/mol. The predicted molar refractivity (Wildman–Crippen MR) is 209 cm³/mol. The molecule has 1 saturated carbocycles. The van der Waals surface area contributed by atoms with Gasteiger partial charge < -0.3 is 49.0 Å². The van der Waals surface area contributed by atoms with E-state index in [1.54, 1.807) is 20.8 Å². The van der Waals surface area contributed by atoms with Crippen molar-refractivity contribution in [2.75, 3.05) is 27.9 Å². The van der Waals surface area contributed by atoms with E-state index in [9.17, 15) is 39.6 Å². The van der Waals surface area contributed by atoms with Crippen molar-refractivity contribution < 1.29 is 63.3 Å². The van der Waals surface area contributed by atoms with Gasteiger partial charge in [-0.2, -0.15) is 0 Å². The number of esters is 1. The zero-order valence-electron chi connectivity index (χ0n) is 35.4. The number of fused-ring (bicyclic) bond motifs is 3. The van der Waals surface area contributed by atoms with Gasteiger partial charge in [-0.3, -0.25) is 14.4 Å². The van der Waals surface area contributed by atoms with Crippen molar-refractivity contribution >= 4 is 23.4 Å². The van der Waals surface area contributed by atoms with Crippen LogP contribution in [-0.2, 0) is 42.9 Å². The number of ether oxygens (including phenoxy) is 5. The van der Waals surface area contributed by atoms with E-state index < -0.39 is 96.1 Å². The molecule has 0 spiro atoms. The molecule has 14 nitrogen and oxygen atoms in total. The molecule has 3 aliphatic heterocycles. The standard InChI is InChI=1S/C43H69NO13/c1-10-29-16-23(2)15-24(3)17-35(54-8)39-36(55-9)19-26(5)43(52,57-39)40(49)41(50)44-14-12-11-13-30(44)42(51)56-38(27(6)31(45)22-32(29)46)25(4)18-28-20-33(47)37(48)34(21-28)53-7/h16,18,24,26-31,33-39,45,47-48,52H,10-15,17,19-22H2,1-9H3/b23-16+,25-18+/t24-,26+,27+,28+,29+,30-,31-,33?,34+,35-,36-,37?,38+,39+,43+/m0/s1. The lowest BCUT2D eigenvalue weighted by atomic mass is 9.80. The predicted octanol–water partition coefficient (Wildman–Crippen LogP) is 3.44. The van der Waals surface area contributed by atoms with Gasteiger partial charge in [-0.25, -0.2) is 4.79 Å². The van der Waals surface area contributed by atoms with E-state index in [-0.39, 0.29) is 49.8 Å². The Morgan fingerprint density at radius 3 is 2.19 bits per heavy atom. The number of carbonyl (C=O) groups excluding carboxylic acids is 4. The minimum atomic E-state index is -2.52. The van der Waals surface area contributed by atoms with E-state index in [0.717, 1.165) is 10.5 Å². The molecule has 0 aromatic carbocycles. The Balaban J connectivity index is 1.77. The Morgan fingerprint density at radius 2 is 1.56 bits per heavy atom. The highest BCUT2D eigenvalue weighted by atomic mass is 16.7. The van der Waals surface area contributed by atoms with Gasteiger partial charge in [-0.1, -0.05) is 45.4 Å². The Bertz CT molecular complexity index is 1470. The van der Waals surface area contributed by atoms with E-state index in [0.29, 0.717) is 44.1 Å². The number of carbonyl (C=O) groups is 4. The number of amides is 1. The maximum Gasteiger partial charge on any atom is 0.329 e. The van der Waals surface area contributed by atoms with Crippen LogP contribution in [0.3, 0.4) is 0 Å². The van der Waals surface area contributed by atoms with Crippen LogP contribution in [0.1, 0.15) is 106 Å². The van der Waals surface area contributed by atoms with Gasteiger partial charge in [0.1, 0.15) is 30.1 Å². The van der Waals surface area contributed by atoms with Crippen molar-refractivity contribution in [1.29, 1.82) is 0 Å². The van der Waals surface area contributed by atoms with E-state index in [1.165, 1.54) is 21.3 Å². The van der Waals surface area contributed by atoms with Crippen molar-refractivity contribution in [2.45, 2.75) is 166 Å². The molecule has 4 N–H and O–H groups in total. The molecule has 15 atom stereocenters. The van der Waals surface area contributed by atoms with Gasteiger partial charge >= 0.3 is 5.97 Å². The number of aliphatic hydroxyl groups is 4. The summed E-state index contributed by atoms with van der Waals surface area (Å²) in [7, 11) is 4.50. The molecule has 3 heterocycles. The average Bonchev–Trinajstić information content (AvgIpc) is 3.18. The summed E-state index contributed by atoms with van der Waals surface area (Å²) in [5.41, 5.74) is 1.53. The first-order valence-corrected chi connectivity index (χ1v) is 20.9. The van der Waals surface area contributed by atoms with Gasteiger partial charge in [0.25, 0.3) is 11.7 Å². The molecule has 2 unspecified atom stereocenters. The smallest absolute Gasteiger partial charge is 0.329 e. The van der Waals surface area contributed by atoms with Crippen LogP contribution in [0.2, 0.25) is 0 Å². The van der Waals surface area contributed by atoms with Gasteiger partial charge in [0.05, 0.1) is 30.5 Å². The molecule has 2 saturated heterocycles. The molecule has 0 aromatic heterocycles. The van der Waals surface area contributed by atoms with Gasteiger partial charge in [0.15, 0.2) is 0 Å². The van der Waals surface area contributed by atoms with Crippen LogP contribution >= 0.6 is 0 Å². The van der Waals surface area contributed by atoms with Crippen LogP contribution in [0.5, 0.6) is 0 Å². The molecule has 0 aromatic rings. The topological polar surface area (TPSA) is 199 Å². The molecular formula is C43H69NO13. The summed E-state index contributed by atoms with van der Waals surface area (Å²) in [6.45, 7) is 11.0. The van der Waals surface area contributed by atoms with Crippen LogP contribution in [0.15, 0.2) is 23.3 Å². The van der Waals surface area contributed by atoms with Crippen LogP contribution in [0.4, 0.5) is 0 Å². The third-order valence-corrected chi connectivity index (χ3v) is 12.9. The summed E-state index contributed by atoms with van der Waals surface area (Å²) in [6.07, 6.45) is 0.183. The van der Waals surface area contributed by atoms with Crippen molar-refractivity contribution in [3.8, 4) is 0 Å². The zero-order chi connectivity index (χ0) is 42.4. The second kappa shape index (κ2) is 20.6. The molecule has 57 heavy (non-hydrogen) atoms. The van der Waals surface area contributed by atoms with E-state index >= 15 is 0 Å². The SMILES string of the molecule is CC[C@@H]1/C=C(\C)C[C@H](C)C[C@H](OC)[C@H]2O[C@@](O)(C(=O)C(=O)N3CCCC[C@H]3C(=O)O[C@H](/C(C)=C/[C@@H]3CC(O)C(O)[C@H](OC)C3)[C@H](C)[C@@H](O)CC1=O)[C@H](C)C[C@@H]2OC. The van der Waals surface area contributed by atoms with Gasteiger partial charge in [-0.05, 0) is 89.0 Å². The fourth-order valence-corrected chi connectivity index (χ4v) is 9.45. The monoisotopic (exact) mass is 807 g/mol. The van der Waals surface area contributed by atoms with Crippen LogP contribution < -0.4 is 0 Å². The first kappa shape index (κ1) is 47.1. The summed E-state index contributed by atoms with van der Waals surface area (Å²) < 4.78 is 29.6. The number of methoxy groups -OCH3 is 3. The lowest BCUT2D eigenvalue weighted by molar-refractivity contribution is -0.302. The highest BCUT2D eigenvalue weighted by Gasteiger charge is 2.56. The quantitative estimate of drug-likeness (QED) is 0.173. The van der Waals surface area contributed by atoms with Crippen molar-refractivity contribution in [1.82, 2.24) is 4.90 Å². The lowest BCUT2D eigenvalue weighted by Crippen LogP contribution is -2.64. The Kier molecular flexibility index (Phi) is 17.0. The maximum absolute atomic E-state index is 14.3. The minimum Gasteiger partial charge on any atom is -0.456 e. The Morgan fingerprint density at radius 1 is 0.912 bits per heavy atom. The second-order valence-corrected chi connectivity index (χ2v) is 17.3. The molecule has 3 fully saturated rings. The molecule has 1 aliphatic carbocycles. The second-order valence-electron chi connectivity index (χ2n) is 17.3. The van der Waals surface area contributed by atoms with Gasteiger partial charge in [-0.15, -0.1) is 0 Å². The molecule has 0 radical (unpaired) electrons. The minimum absolute atomic E-state index is 0.0184. The third-order valence-electron chi connectivity index (χ3n) is 12.9. The lowest BCUT2D eigenvalue weighted by Gasteiger charge is -2.47. The zero-order valence-corrected chi connectivity index (χ0v) is 35.4. The number of allylic oxidation sites excluding steroid dienone is 3. The first-order chi connectivity index (χ1) is 26.9. The number of cyclic esters (lactones) is 1. The van der Waals surface area contributed by atoms with Crippen molar-refractivity contribution in [2.24, 2.45) is 29.6 Å². The summed E-state index contributed by atoms with van der Waals surface area (Å²) in [6, 6.07) is -1.18. The van der Waals surface area contributed by atoms with Crippen LogP contribution in [-0.4, -0.2) is 137 Å². The Hall–Kier alpha value is -2.56. The molecule has 14 heteroatoms. The summed E-state index contributed by atoms with van der Waals surface area (Å²) in [5.74, 6) is -8.07.